The molecule has 2 aromatic rings. The van der Waals surface area contributed by atoms with E-state index in [0.29, 0.717) is 17.7 Å². The van der Waals surface area contributed by atoms with Crippen molar-refractivity contribution in [1.82, 2.24) is 19.1 Å². The summed E-state index contributed by atoms with van der Waals surface area (Å²) in [5, 5.41) is 37.0. The Morgan fingerprint density at radius 3 is 2.59 bits per heavy atom. The van der Waals surface area contributed by atoms with Crippen LogP contribution in [0.25, 0.3) is 11.2 Å². The molecule has 9 nitrogen and oxygen atoms in total. The minimum absolute atomic E-state index is 0. The Morgan fingerprint density at radius 2 is 2.00 bits per heavy atom. The molecule has 0 radical (unpaired) electrons. The lowest BCUT2D eigenvalue weighted by molar-refractivity contribution is -0.0511. The quantitative estimate of drug-likeness (QED) is 0.467. The molecule has 0 aliphatic carbocycles. The highest BCUT2D eigenvalue weighted by Crippen LogP contribution is 2.30. The van der Waals surface area contributed by atoms with E-state index < -0.39 is 31.1 Å². The summed E-state index contributed by atoms with van der Waals surface area (Å²) in [7, 11) is 0. The van der Waals surface area contributed by atoms with E-state index in [4.69, 9.17) is 15.3 Å². The van der Waals surface area contributed by atoms with E-state index in [2.05, 4.69) is 9.97 Å². The number of imidazole rings is 1. The summed E-state index contributed by atoms with van der Waals surface area (Å²) in [5.74, 6) is 0. The molecule has 2 aromatic heterocycles. The van der Waals surface area contributed by atoms with Crippen LogP contribution >= 0.6 is 24.0 Å². The Labute approximate surface area is 142 Å². The summed E-state index contributed by atoms with van der Waals surface area (Å²) in [6, 6.07) is 0. The molecule has 1 saturated heterocycles. The van der Waals surface area contributed by atoms with Crippen LogP contribution in [0.4, 0.5) is 0 Å². The molecule has 0 spiro atoms. The summed E-state index contributed by atoms with van der Waals surface area (Å²) in [6.07, 6.45) is -1.21. The first-order chi connectivity index (χ1) is 10.1. The maximum Gasteiger partial charge on any atom is 0.167 e. The highest BCUT2D eigenvalue weighted by Gasteiger charge is 2.43. The van der Waals surface area contributed by atoms with Gasteiger partial charge < -0.3 is 24.6 Å². The zero-order valence-electron chi connectivity index (χ0n) is 11.8. The summed E-state index contributed by atoms with van der Waals surface area (Å²) < 4.78 is 8.55. The molecule has 0 bridgehead atoms. The third-order valence-corrected chi connectivity index (χ3v) is 3.73. The van der Waals surface area contributed by atoms with Gasteiger partial charge in [0.25, 0.3) is 0 Å². The molecule has 4 atom stereocenters. The number of fused-ring (bicyclic) bond motifs is 1. The van der Waals surface area contributed by atoms with Gasteiger partial charge in [-0.2, -0.15) is 0 Å². The number of aryl methyl sites for hydroxylation is 1. The number of halogens is 1. The molecule has 10 heteroatoms. The normalized spacial score (nSPS) is 28.0. The molecule has 4 unspecified atom stereocenters. The lowest BCUT2D eigenvalue weighted by Crippen LogP contribution is -2.33. The highest BCUT2D eigenvalue weighted by atomic mass is 127. The third-order valence-electron chi connectivity index (χ3n) is 3.73. The monoisotopic (exact) mass is 423 g/mol. The molecule has 1 aliphatic heterocycles. The Kier molecular flexibility index (Phi) is 5.17. The molecule has 0 saturated carbocycles. The maximum atomic E-state index is 10.0. The lowest BCUT2D eigenvalue weighted by Gasteiger charge is -2.16. The van der Waals surface area contributed by atoms with Crippen LogP contribution in [0.5, 0.6) is 0 Å². The minimum atomic E-state index is -1.20. The van der Waals surface area contributed by atoms with Gasteiger partial charge in [-0.15, -0.1) is 24.0 Å². The number of nitrogens with zero attached hydrogens (tertiary/aromatic N) is 4. The maximum absolute atomic E-state index is 10.0. The first-order valence-electron chi connectivity index (χ1n) is 6.67. The fraction of sp³-hybridized carbons (Fsp3) is 0.583. The third kappa shape index (κ3) is 2.54. The largest absolute Gasteiger partial charge is 0.394 e. The molecular weight excluding hydrogens is 405 g/mol. The molecule has 0 amide bonds. The first-order valence-corrected chi connectivity index (χ1v) is 6.67. The summed E-state index contributed by atoms with van der Waals surface area (Å²) in [4.78, 5) is 8.37. The zero-order chi connectivity index (χ0) is 15.1. The summed E-state index contributed by atoms with van der Waals surface area (Å²) >= 11 is 0. The van der Waals surface area contributed by atoms with Gasteiger partial charge in [-0.3, -0.25) is 9.98 Å². The van der Waals surface area contributed by atoms with E-state index >= 15 is 0 Å². The Bertz CT molecular complexity index is 717. The van der Waals surface area contributed by atoms with E-state index in [1.165, 1.54) is 17.2 Å². The van der Waals surface area contributed by atoms with Crippen molar-refractivity contribution < 1.29 is 20.1 Å². The van der Waals surface area contributed by atoms with Crippen molar-refractivity contribution in [2.24, 2.45) is 0 Å². The van der Waals surface area contributed by atoms with Crippen molar-refractivity contribution in [3.8, 4) is 0 Å². The number of hydrogen-bond donors (Lipinski definition) is 4. The topological polar surface area (TPSA) is 129 Å². The SMILES string of the molecule is CCn1cnc2c(ncn2C2OC(CO)C(O)C2O)c1=N.I. The van der Waals surface area contributed by atoms with Gasteiger partial charge in [0.2, 0.25) is 0 Å². The molecule has 0 aromatic carbocycles. The van der Waals surface area contributed by atoms with Gasteiger partial charge in [-0.1, -0.05) is 0 Å². The fourth-order valence-corrected chi connectivity index (χ4v) is 2.50. The van der Waals surface area contributed by atoms with Gasteiger partial charge in [0.05, 0.1) is 19.3 Å². The van der Waals surface area contributed by atoms with Gasteiger partial charge in [0.1, 0.15) is 23.8 Å². The van der Waals surface area contributed by atoms with Crippen molar-refractivity contribution >= 4 is 35.1 Å². The smallest absolute Gasteiger partial charge is 0.167 e. The number of rotatable bonds is 3. The van der Waals surface area contributed by atoms with Gasteiger partial charge in [-0.05, 0) is 6.92 Å². The zero-order valence-corrected chi connectivity index (χ0v) is 14.2. The van der Waals surface area contributed by atoms with Crippen LogP contribution < -0.4 is 5.49 Å². The number of aromatic nitrogens is 4. The average Bonchev–Trinajstić information content (AvgIpc) is 3.03. The Balaban J connectivity index is 0.00000176. The molecular formula is C12H18IN5O4. The Hall–Kier alpha value is -1.08. The van der Waals surface area contributed by atoms with E-state index in [-0.39, 0.29) is 29.5 Å². The fourth-order valence-electron chi connectivity index (χ4n) is 2.50. The highest BCUT2D eigenvalue weighted by molar-refractivity contribution is 14.0. The van der Waals surface area contributed by atoms with E-state index in [1.807, 2.05) is 6.92 Å². The van der Waals surface area contributed by atoms with Crippen LogP contribution in [0, 0.1) is 5.41 Å². The number of aliphatic hydroxyl groups is 3. The second-order valence-electron chi connectivity index (χ2n) is 4.93. The van der Waals surface area contributed by atoms with Crippen LogP contribution in [0.15, 0.2) is 12.7 Å². The Morgan fingerprint density at radius 1 is 1.27 bits per heavy atom. The summed E-state index contributed by atoms with van der Waals surface area (Å²) in [5.41, 5.74) is 0.990. The first kappa shape index (κ1) is 17.3. The van der Waals surface area contributed by atoms with Crippen LogP contribution in [-0.2, 0) is 11.3 Å². The number of nitrogens with one attached hydrogen (secondary N) is 1. The number of hydrogen-bond acceptors (Lipinski definition) is 7. The van der Waals surface area contributed by atoms with E-state index in [9.17, 15) is 10.2 Å². The van der Waals surface area contributed by atoms with E-state index in [1.54, 1.807) is 4.57 Å². The molecule has 122 valence electrons. The van der Waals surface area contributed by atoms with Gasteiger partial charge in [-0.25, -0.2) is 9.97 Å². The van der Waals surface area contributed by atoms with Crippen molar-refractivity contribution in [1.29, 1.82) is 5.41 Å². The summed E-state index contributed by atoms with van der Waals surface area (Å²) in [6.45, 7) is 2.10. The number of aliphatic hydroxyl groups excluding tert-OH is 3. The minimum Gasteiger partial charge on any atom is -0.394 e. The predicted octanol–water partition coefficient (Wildman–Crippen LogP) is -1.04. The second-order valence-corrected chi connectivity index (χ2v) is 4.93. The van der Waals surface area contributed by atoms with E-state index in [0.717, 1.165) is 0 Å². The van der Waals surface area contributed by atoms with Crippen LogP contribution in [0.2, 0.25) is 0 Å². The molecule has 1 aliphatic rings. The van der Waals surface area contributed by atoms with Gasteiger partial charge in [0.15, 0.2) is 17.4 Å². The van der Waals surface area contributed by atoms with Gasteiger partial charge in [0, 0.05) is 6.54 Å². The second kappa shape index (κ2) is 6.58. The van der Waals surface area contributed by atoms with Gasteiger partial charge >= 0.3 is 0 Å². The molecule has 3 heterocycles. The average molecular weight is 423 g/mol. The molecule has 3 rings (SSSR count). The molecule has 1 fully saturated rings. The van der Waals surface area contributed by atoms with Crippen molar-refractivity contribution in [2.45, 2.75) is 38.0 Å². The lowest BCUT2D eigenvalue weighted by atomic mass is 10.1. The number of ether oxygens (including phenoxy) is 1. The molecule has 4 N–H and O–H groups in total. The van der Waals surface area contributed by atoms with Crippen LogP contribution in [-0.4, -0.2) is 59.3 Å². The van der Waals surface area contributed by atoms with Crippen LogP contribution in [0.1, 0.15) is 13.2 Å². The standard InChI is InChI=1S/C12H17N5O4.HI/c1-2-16-4-15-11-7(10(16)13)14-5-17(11)12-9(20)8(19)6(3-18)21-12;/h4-6,8-9,12-13,18-20H,2-3H2,1H3;1H. The van der Waals surface area contributed by atoms with Crippen molar-refractivity contribution in [3.05, 3.63) is 18.1 Å². The van der Waals surface area contributed by atoms with Crippen molar-refractivity contribution in [2.75, 3.05) is 6.61 Å². The predicted molar refractivity (Wildman–Crippen MR) is 85.5 cm³/mol. The van der Waals surface area contributed by atoms with Crippen molar-refractivity contribution in [3.63, 3.8) is 0 Å². The molecule has 22 heavy (non-hydrogen) atoms. The van der Waals surface area contributed by atoms with Crippen LogP contribution in [0.3, 0.4) is 0 Å².